The SMILES string of the molecule is O=[N+]([O-])c1c(NCc2ccccc2)ncnc1Oc1ccc(Br)c2cccnc12. The van der Waals surface area contributed by atoms with E-state index >= 15 is 0 Å². The van der Waals surface area contributed by atoms with Crippen molar-refractivity contribution in [3.05, 3.63) is 87.3 Å². The van der Waals surface area contributed by atoms with Crippen molar-refractivity contribution in [3.63, 3.8) is 0 Å². The Kier molecular flexibility index (Phi) is 5.30. The van der Waals surface area contributed by atoms with Crippen molar-refractivity contribution in [3.8, 4) is 11.6 Å². The zero-order chi connectivity index (χ0) is 20.2. The third-order valence-electron chi connectivity index (χ3n) is 4.16. The van der Waals surface area contributed by atoms with Crippen molar-refractivity contribution in [1.82, 2.24) is 15.0 Å². The molecule has 0 unspecified atom stereocenters. The largest absolute Gasteiger partial charge is 0.431 e. The van der Waals surface area contributed by atoms with Gasteiger partial charge in [-0.25, -0.2) is 4.98 Å². The van der Waals surface area contributed by atoms with Crippen LogP contribution in [0, 0.1) is 10.1 Å². The highest BCUT2D eigenvalue weighted by atomic mass is 79.9. The van der Waals surface area contributed by atoms with Gasteiger partial charge in [0.2, 0.25) is 5.82 Å². The van der Waals surface area contributed by atoms with E-state index in [0.717, 1.165) is 15.4 Å². The first-order chi connectivity index (χ1) is 14.1. The lowest BCUT2D eigenvalue weighted by Gasteiger charge is -2.11. The van der Waals surface area contributed by atoms with E-state index in [1.807, 2.05) is 36.4 Å². The summed E-state index contributed by atoms with van der Waals surface area (Å²) in [6.45, 7) is 0.376. The maximum atomic E-state index is 11.7. The maximum absolute atomic E-state index is 11.7. The smallest absolute Gasteiger partial charge is 0.373 e. The predicted octanol–water partition coefficient (Wildman–Crippen LogP) is 5.10. The topological polar surface area (TPSA) is 103 Å². The van der Waals surface area contributed by atoms with E-state index < -0.39 is 4.92 Å². The molecule has 0 saturated heterocycles. The van der Waals surface area contributed by atoms with Crippen molar-refractivity contribution in [2.45, 2.75) is 6.54 Å². The summed E-state index contributed by atoms with van der Waals surface area (Å²) in [6.07, 6.45) is 2.85. The van der Waals surface area contributed by atoms with E-state index in [1.165, 1.54) is 6.33 Å². The Morgan fingerprint density at radius 3 is 2.66 bits per heavy atom. The van der Waals surface area contributed by atoms with Gasteiger partial charge in [0, 0.05) is 22.6 Å². The van der Waals surface area contributed by atoms with Crippen LogP contribution in [0.1, 0.15) is 5.56 Å². The van der Waals surface area contributed by atoms with E-state index in [0.29, 0.717) is 17.8 Å². The van der Waals surface area contributed by atoms with Gasteiger partial charge < -0.3 is 10.1 Å². The molecule has 4 rings (SSSR count). The van der Waals surface area contributed by atoms with Crippen LogP contribution in [0.15, 0.2) is 71.6 Å². The molecule has 0 spiro atoms. The van der Waals surface area contributed by atoms with Gasteiger partial charge in [-0.2, -0.15) is 4.98 Å². The second-order valence-electron chi connectivity index (χ2n) is 6.02. The molecule has 0 aliphatic heterocycles. The van der Waals surface area contributed by atoms with Gasteiger partial charge in [-0.05, 0) is 23.8 Å². The molecule has 1 N–H and O–H groups in total. The molecule has 2 aromatic carbocycles. The highest BCUT2D eigenvalue weighted by molar-refractivity contribution is 9.10. The molecule has 144 valence electrons. The van der Waals surface area contributed by atoms with Crippen LogP contribution in [0.5, 0.6) is 11.6 Å². The third-order valence-corrected chi connectivity index (χ3v) is 4.85. The number of nitrogens with one attached hydrogen (secondary N) is 1. The molecule has 9 heteroatoms. The minimum absolute atomic E-state index is 0.0817. The van der Waals surface area contributed by atoms with E-state index in [-0.39, 0.29) is 17.4 Å². The van der Waals surface area contributed by atoms with E-state index in [1.54, 1.807) is 24.4 Å². The molecule has 2 heterocycles. The minimum atomic E-state index is -0.558. The number of pyridine rings is 1. The number of benzene rings is 2. The Hall–Kier alpha value is -3.59. The number of ether oxygens (including phenoxy) is 1. The fourth-order valence-electron chi connectivity index (χ4n) is 2.81. The Labute approximate surface area is 173 Å². The Balaban J connectivity index is 1.70. The predicted molar refractivity (Wildman–Crippen MR) is 112 cm³/mol. The van der Waals surface area contributed by atoms with Crippen LogP contribution >= 0.6 is 15.9 Å². The molecule has 4 aromatic rings. The Bertz CT molecular complexity index is 1190. The van der Waals surface area contributed by atoms with Crippen molar-refractivity contribution in [2.75, 3.05) is 5.32 Å². The molecule has 0 fully saturated rings. The van der Waals surface area contributed by atoms with Gasteiger partial charge in [-0.3, -0.25) is 15.1 Å². The van der Waals surface area contributed by atoms with Crippen LogP contribution in [0.3, 0.4) is 0 Å². The number of fused-ring (bicyclic) bond motifs is 1. The fourth-order valence-corrected chi connectivity index (χ4v) is 3.26. The summed E-state index contributed by atoms with van der Waals surface area (Å²) in [7, 11) is 0. The van der Waals surface area contributed by atoms with E-state index in [9.17, 15) is 10.1 Å². The second-order valence-corrected chi connectivity index (χ2v) is 6.87. The minimum Gasteiger partial charge on any atom is -0.431 e. The van der Waals surface area contributed by atoms with Crippen LogP contribution in [-0.4, -0.2) is 19.9 Å². The quantitative estimate of drug-likeness (QED) is 0.321. The molecule has 0 aliphatic carbocycles. The first-order valence-electron chi connectivity index (χ1n) is 8.62. The normalized spacial score (nSPS) is 10.7. The molecular formula is C20H14BrN5O3. The lowest BCUT2D eigenvalue weighted by molar-refractivity contribution is -0.385. The molecule has 0 saturated carbocycles. The van der Waals surface area contributed by atoms with Crippen LogP contribution in [0.4, 0.5) is 11.5 Å². The summed E-state index contributed by atoms with van der Waals surface area (Å²) in [6, 6.07) is 16.7. The van der Waals surface area contributed by atoms with Crippen molar-refractivity contribution in [2.24, 2.45) is 0 Å². The number of hydrogen-bond donors (Lipinski definition) is 1. The second kappa shape index (κ2) is 8.19. The number of anilines is 1. The highest BCUT2D eigenvalue weighted by Gasteiger charge is 2.25. The summed E-state index contributed by atoms with van der Waals surface area (Å²) in [5, 5.41) is 15.6. The molecule has 2 aromatic heterocycles. The van der Waals surface area contributed by atoms with E-state index in [4.69, 9.17) is 4.74 Å². The number of nitro groups is 1. The molecule has 0 aliphatic rings. The lowest BCUT2D eigenvalue weighted by atomic mass is 10.2. The number of halogens is 1. The molecule has 0 atom stereocenters. The van der Waals surface area contributed by atoms with Crippen LogP contribution in [0.25, 0.3) is 10.9 Å². The molecule has 0 amide bonds. The number of nitrogens with zero attached hydrogens (tertiary/aromatic N) is 4. The molecule has 8 nitrogen and oxygen atoms in total. The fraction of sp³-hybridized carbons (Fsp3) is 0.0500. The highest BCUT2D eigenvalue weighted by Crippen LogP contribution is 2.37. The first kappa shape index (κ1) is 18.8. The van der Waals surface area contributed by atoms with Crippen LogP contribution < -0.4 is 10.1 Å². The zero-order valence-electron chi connectivity index (χ0n) is 14.9. The zero-order valence-corrected chi connectivity index (χ0v) is 16.5. The first-order valence-corrected chi connectivity index (χ1v) is 9.41. The molecular weight excluding hydrogens is 438 g/mol. The number of rotatable bonds is 6. The van der Waals surface area contributed by atoms with Crippen LogP contribution in [0.2, 0.25) is 0 Å². The molecule has 0 bridgehead atoms. The Morgan fingerprint density at radius 1 is 1.03 bits per heavy atom. The summed E-state index contributed by atoms with van der Waals surface area (Å²) in [5.41, 5.74) is 1.19. The number of aromatic nitrogens is 3. The van der Waals surface area contributed by atoms with Crippen molar-refractivity contribution >= 4 is 38.3 Å². The van der Waals surface area contributed by atoms with Crippen LogP contribution in [-0.2, 0) is 6.54 Å². The Morgan fingerprint density at radius 2 is 1.86 bits per heavy atom. The van der Waals surface area contributed by atoms with Gasteiger partial charge in [-0.15, -0.1) is 0 Å². The van der Waals surface area contributed by atoms with Gasteiger partial charge >= 0.3 is 11.6 Å². The molecule has 0 radical (unpaired) electrons. The van der Waals surface area contributed by atoms with Gasteiger partial charge in [0.1, 0.15) is 11.8 Å². The summed E-state index contributed by atoms with van der Waals surface area (Å²) in [4.78, 5) is 23.5. The summed E-state index contributed by atoms with van der Waals surface area (Å²) in [5.74, 6) is 0.285. The maximum Gasteiger partial charge on any atom is 0.373 e. The van der Waals surface area contributed by atoms with Gasteiger partial charge in [0.25, 0.3) is 0 Å². The van der Waals surface area contributed by atoms with Crippen molar-refractivity contribution in [1.29, 1.82) is 0 Å². The lowest BCUT2D eigenvalue weighted by Crippen LogP contribution is -2.07. The van der Waals surface area contributed by atoms with Gasteiger partial charge in [-0.1, -0.05) is 52.3 Å². The average Bonchev–Trinajstić information content (AvgIpc) is 2.75. The summed E-state index contributed by atoms with van der Waals surface area (Å²) < 4.78 is 6.66. The summed E-state index contributed by atoms with van der Waals surface area (Å²) >= 11 is 3.47. The van der Waals surface area contributed by atoms with E-state index in [2.05, 4.69) is 36.2 Å². The van der Waals surface area contributed by atoms with Gasteiger partial charge in [0.05, 0.1) is 4.92 Å². The third kappa shape index (κ3) is 3.99. The monoisotopic (exact) mass is 451 g/mol. The number of hydrogen-bond acceptors (Lipinski definition) is 7. The average molecular weight is 452 g/mol. The molecule has 29 heavy (non-hydrogen) atoms. The van der Waals surface area contributed by atoms with Gasteiger partial charge in [0.15, 0.2) is 5.75 Å². The standard InChI is InChI=1S/C20H14BrN5O3/c21-15-8-9-16(17-14(15)7-4-10-22-17)29-20-18(26(27)28)19(24-12-25-20)23-11-13-5-2-1-3-6-13/h1-10,12H,11H2,(H,23,24,25). The van der Waals surface area contributed by atoms with Crippen molar-refractivity contribution < 1.29 is 9.66 Å².